The Morgan fingerprint density at radius 1 is 0.516 bits per heavy atom. The molecular weight excluding hydrogens is 1200 g/mol. The second kappa shape index (κ2) is 46.0. The number of carbonyl (C=O) groups is 12. The van der Waals surface area contributed by atoms with Crippen LogP contribution >= 0.6 is 0 Å². The zero-order valence-electron chi connectivity index (χ0n) is 55.5. The number of nitrogens with one attached hydrogen (secondary N) is 6. The normalized spacial score (nSPS) is 14.4. The Hall–Kier alpha value is -8.17. The van der Waals surface area contributed by atoms with Crippen molar-refractivity contribution in [2.45, 2.75) is 213 Å². The molecule has 93 heavy (non-hydrogen) atoms. The number of benzene rings is 1. The first-order valence-electron chi connectivity index (χ1n) is 32.7. The summed E-state index contributed by atoms with van der Waals surface area (Å²) < 4.78 is 0. The van der Waals surface area contributed by atoms with Gasteiger partial charge in [0.05, 0.1) is 36.5 Å². The molecule has 10 atom stereocenters. The van der Waals surface area contributed by atoms with Crippen LogP contribution < -0.4 is 61.0 Å². The van der Waals surface area contributed by atoms with Crippen LogP contribution in [0.5, 0.6) is 0 Å². The van der Waals surface area contributed by atoms with E-state index in [0.29, 0.717) is 51.4 Å². The third kappa shape index (κ3) is 36.0. The molecule has 1 rings (SSSR count). The lowest BCUT2D eigenvalue weighted by atomic mass is 9.86. The Balaban J connectivity index is 3.58. The van der Waals surface area contributed by atoms with Gasteiger partial charge in [0.15, 0.2) is 40.8 Å². The summed E-state index contributed by atoms with van der Waals surface area (Å²) in [5.41, 5.74) is 34.4. The second-order valence-electron chi connectivity index (χ2n) is 24.7. The number of carbonyl (C=O) groups excluding carboxylic acids is 10. The molecular formula is C65H108N14O14. The molecule has 0 aromatic heterocycles. The lowest BCUT2D eigenvalue weighted by Gasteiger charge is -2.28. The van der Waals surface area contributed by atoms with Crippen LogP contribution in [0.15, 0.2) is 40.3 Å². The van der Waals surface area contributed by atoms with Crippen molar-refractivity contribution in [3.05, 3.63) is 35.9 Å². The summed E-state index contributed by atoms with van der Waals surface area (Å²) in [4.78, 5) is 172. The van der Waals surface area contributed by atoms with E-state index in [9.17, 15) is 67.7 Å². The molecule has 0 spiro atoms. The van der Waals surface area contributed by atoms with Gasteiger partial charge in [0.25, 0.3) is 0 Å². The number of rotatable bonds is 53. The number of unbranched alkanes of at least 4 members (excludes halogenated alkanes) is 2. The monoisotopic (exact) mass is 1310 g/mol. The van der Waals surface area contributed by atoms with E-state index in [1.807, 2.05) is 44.2 Å². The standard InChI is InChI=1S/C65H108N14O14/c1-7-40(5)58(54(84)37-45(25-27-56(85)86)60(90)75-38-47(80)34-46(32-39(3)4)63(93)77-48(51(81)8-2)22-12-13-24-55(67)68)79-62(92)44(21-16-30-73-64(69)70)36-53(83)50(26-28-57(87)88)78-61(91)43(20-14-15-29-66)35-52(82)49(23-17-31-74-65(71)72)76-59(89)41(6)33-42-18-10-9-11-19-42/h9-11,18-19,39-41,43-46,48-50,58H,7-8,12-17,20-38,66H2,1-6H3,(H3,67,68)(H,75,90)(H,76,89)(H,77,93)(H,78,91)(H,79,92)(H,85,86)(H,87,88)(H4,69,70,73)(H4,71,72,74)/t40-,41-,43+,44+,45+,46+,48-,49-,50-,58-/m0/s1. The van der Waals surface area contributed by atoms with Crippen molar-refractivity contribution >= 4 is 88.1 Å². The summed E-state index contributed by atoms with van der Waals surface area (Å²) in [6, 6.07) is 4.57. The fraction of sp³-hybridized carbons (Fsp3) is 0.677. The van der Waals surface area contributed by atoms with E-state index in [4.69, 9.17) is 39.8 Å². The van der Waals surface area contributed by atoms with Gasteiger partial charge in [0, 0.05) is 94.0 Å². The number of amides is 5. The van der Waals surface area contributed by atoms with Gasteiger partial charge in [0.1, 0.15) is 0 Å². The first-order chi connectivity index (χ1) is 43.9. The maximum absolute atomic E-state index is 14.6. The quantitative estimate of drug-likeness (QED) is 0.0253. The minimum absolute atomic E-state index is 0.00326. The summed E-state index contributed by atoms with van der Waals surface area (Å²) in [6.07, 6.45) is 0.353. The number of nitrogens with two attached hydrogens (primary N) is 6. The highest BCUT2D eigenvalue weighted by Gasteiger charge is 2.37. The topological polar surface area (TPSA) is 510 Å². The van der Waals surface area contributed by atoms with Gasteiger partial charge >= 0.3 is 11.9 Å². The summed E-state index contributed by atoms with van der Waals surface area (Å²) >= 11 is 0. The van der Waals surface area contributed by atoms with Gasteiger partial charge in [-0.05, 0) is 101 Å². The number of hydrogen-bond donors (Lipinski definition) is 14. The van der Waals surface area contributed by atoms with E-state index >= 15 is 0 Å². The predicted octanol–water partition coefficient (Wildman–Crippen LogP) is 2.76. The maximum atomic E-state index is 14.6. The number of guanidine groups is 2. The second-order valence-corrected chi connectivity index (χ2v) is 24.7. The van der Waals surface area contributed by atoms with Crippen molar-refractivity contribution in [1.82, 2.24) is 26.6 Å². The van der Waals surface area contributed by atoms with Gasteiger partial charge < -0.3 is 71.2 Å². The number of carboxylic acids is 2. The molecule has 0 bridgehead atoms. The van der Waals surface area contributed by atoms with Crippen molar-refractivity contribution < 1.29 is 67.7 Å². The lowest BCUT2D eigenvalue weighted by Crippen LogP contribution is -2.50. The number of aliphatic carboxylic acids is 2. The number of aliphatic imine (C=N–C) groups is 2. The molecule has 28 heteroatoms. The number of amidine groups is 1. The van der Waals surface area contributed by atoms with Crippen LogP contribution in [0.3, 0.4) is 0 Å². The minimum Gasteiger partial charge on any atom is -0.481 e. The van der Waals surface area contributed by atoms with Gasteiger partial charge in [-0.3, -0.25) is 72.9 Å². The Labute approximate surface area is 547 Å². The average molecular weight is 1310 g/mol. The highest BCUT2D eigenvalue weighted by Crippen LogP contribution is 2.24. The molecule has 0 radical (unpaired) electrons. The molecule has 1 aromatic carbocycles. The smallest absolute Gasteiger partial charge is 0.303 e. The highest BCUT2D eigenvalue weighted by molar-refractivity contribution is 5.98. The minimum atomic E-state index is -1.50. The molecule has 0 saturated heterocycles. The van der Waals surface area contributed by atoms with Crippen molar-refractivity contribution in [2.75, 3.05) is 26.2 Å². The third-order valence-electron chi connectivity index (χ3n) is 16.2. The summed E-state index contributed by atoms with van der Waals surface area (Å²) in [5.74, 6) is -14.8. The van der Waals surface area contributed by atoms with Crippen molar-refractivity contribution in [3.8, 4) is 0 Å². The molecule has 0 aliphatic carbocycles. The number of carboxylic acid groups (broad SMARTS) is 2. The van der Waals surface area contributed by atoms with Crippen LogP contribution in [-0.4, -0.2) is 149 Å². The molecule has 20 N–H and O–H groups in total. The van der Waals surface area contributed by atoms with Gasteiger partial charge in [-0.1, -0.05) is 91.1 Å². The number of ketones is 5. The number of hydrogen-bond acceptors (Lipinski definition) is 16. The van der Waals surface area contributed by atoms with E-state index in [1.165, 1.54) is 0 Å². The third-order valence-corrected chi connectivity index (χ3v) is 16.2. The maximum Gasteiger partial charge on any atom is 0.303 e. The van der Waals surface area contributed by atoms with Crippen LogP contribution in [0, 0.1) is 46.8 Å². The molecule has 522 valence electrons. The van der Waals surface area contributed by atoms with Crippen LogP contribution in [0.2, 0.25) is 0 Å². The molecule has 0 unspecified atom stereocenters. The zero-order chi connectivity index (χ0) is 70.2. The molecule has 0 aliphatic heterocycles. The SMILES string of the molecule is CCC(=O)[C@H](CCCCC(=N)N)NC(=O)[C@@H](CC(=O)CNC(=O)[C@H](CCC(=O)O)CC(=O)[C@@H](NC(=O)[C@H](CCCN=C(N)N)CC(=O)[C@H](CCC(=O)O)NC(=O)[C@H](CCCCN)CC(=O)[C@H](CCCN=C(N)N)NC(=O)[C@@H](C)Cc1ccccc1)[C@@H](C)CC)CC(C)C. The van der Waals surface area contributed by atoms with Crippen LogP contribution in [0.1, 0.15) is 188 Å². The first kappa shape index (κ1) is 82.8. The highest BCUT2D eigenvalue weighted by atomic mass is 16.4. The Kier molecular flexibility index (Phi) is 41.0. The Morgan fingerprint density at radius 2 is 0.989 bits per heavy atom. The predicted molar refractivity (Wildman–Crippen MR) is 354 cm³/mol. The van der Waals surface area contributed by atoms with E-state index in [2.05, 4.69) is 36.6 Å². The molecule has 0 fully saturated rings. The fourth-order valence-electron chi connectivity index (χ4n) is 10.6. The molecule has 0 saturated carbocycles. The molecule has 1 aromatic rings. The van der Waals surface area contributed by atoms with Crippen molar-refractivity contribution in [2.24, 2.45) is 85.8 Å². The molecule has 0 aliphatic rings. The first-order valence-corrected chi connectivity index (χ1v) is 32.7. The molecule has 5 amide bonds. The molecule has 28 nitrogen and oxygen atoms in total. The van der Waals surface area contributed by atoms with E-state index in [1.54, 1.807) is 27.7 Å². The molecule has 0 heterocycles. The fourth-order valence-corrected chi connectivity index (χ4v) is 10.6. The largest absolute Gasteiger partial charge is 0.481 e. The van der Waals surface area contributed by atoms with E-state index < -0.39 is 169 Å². The van der Waals surface area contributed by atoms with Crippen LogP contribution in [0.4, 0.5) is 0 Å². The summed E-state index contributed by atoms with van der Waals surface area (Å²) in [7, 11) is 0. The van der Waals surface area contributed by atoms with Crippen LogP contribution in [0.25, 0.3) is 0 Å². The Morgan fingerprint density at radius 3 is 1.52 bits per heavy atom. The summed E-state index contributed by atoms with van der Waals surface area (Å²) in [5, 5.41) is 40.6. The van der Waals surface area contributed by atoms with Gasteiger partial charge in [-0.2, -0.15) is 0 Å². The van der Waals surface area contributed by atoms with Gasteiger partial charge in [0.2, 0.25) is 29.5 Å². The van der Waals surface area contributed by atoms with Crippen molar-refractivity contribution in [3.63, 3.8) is 0 Å². The number of nitrogens with zero attached hydrogens (tertiary/aromatic N) is 2. The average Bonchev–Trinajstić information content (AvgIpc) is 1.47. The lowest BCUT2D eigenvalue weighted by molar-refractivity contribution is -0.140. The van der Waals surface area contributed by atoms with Gasteiger partial charge in [-0.25, -0.2) is 0 Å². The van der Waals surface area contributed by atoms with Gasteiger partial charge in [-0.15, -0.1) is 0 Å². The zero-order valence-corrected chi connectivity index (χ0v) is 55.5. The van der Waals surface area contributed by atoms with Crippen LogP contribution in [-0.2, 0) is 64.0 Å². The van der Waals surface area contributed by atoms with E-state index in [-0.39, 0.29) is 107 Å². The number of Topliss-reactive ketones (excluding diaryl/α,β-unsaturated/α-hetero) is 5. The summed E-state index contributed by atoms with van der Waals surface area (Å²) in [6.45, 7) is 10.3. The van der Waals surface area contributed by atoms with Crippen molar-refractivity contribution in [1.29, 1.82) is 5.41 Å². The Bertz CT molecular complexity index is 2660. The van der Waals surface area contributed by atoms with E-state index in [0.717, 1.165) is 5.56 Å².